The predicted octanol–water partition coefficient (Wildman–Crippen LogP) is 3.46. The van der Waals surface area contributed by atoms with Gasteiger partial charge in [-0.3, -0.25) is 4.57 Å². The zero-order chi connectivity index (χ0) is 20.1. The van der Waals surface area contributed by atoms with Crippen molar-refractivity contribution in [2.75, 3.05) is 6.61 Å². The average molecular weight is 390 g/mol. The minimum Gasteiger partial charge on any atom is -0.493 e. The molecular weight excluding hydrogens is 368 g/mol. The Labute approximate surface area is 168 Å². The van der Waals surface area contributed by atoms with Gasteiger partial charge in [0.1, 0.15) is 17.8 Å². The van der Waals surface area contributed by atoms with Crippen LogP contribution < -0.4 is 10.4 Å². The number of oxazole rings is 1. The van der Waals surface area contributed by atoms with Crippen LogP contribution in [-0.4, -0.2) is 26.4 Å². The number of aromatic amines is 1. The van der Waals surface area contributed by atoms with E-state index in [4.69, 9.17) is 9.15 Å². The second kappa shape index (κ2) is 8.60. The Morgan fingerprint density at radius 1 is 1.10 bits per heavy atom. The monoisotopic (exact) mass is 390 g/mol. The van der Waals surface area contributed by atoms with Crippen molar-refractivity contribution >= 4 is 0 Å². The lowest BCUT2D eigenvalue weighted by molar-refractivity contribution is 0.320. The average Bonchev–Trinajstić information content (AvgIpc) is 3.36. The maximum atomic E-state index is 11.6. The van der Waals surface area contributed by atoms with Crippen LogP contribution in [0.15, 0.2) is 70.1 Å². The third-order valence-electron chi connectivity index (χ3n) is 4.64. The fraction of sp³-hybridized carbons (Fsp3) is 0.227. The molecule has 0 spiro atoms. The van der Waals surface area contributed by atoms with Crippen molar-refractivity contribution in [3.8, 4) is 17.2 Å². The second-order valence-corrected chi connectivity index (χ2v) is 6.62. The van der Waals surface area contributed by atoms with Crippen LogP contribution >= 0.6 is 0 Å². The van der Waals surface area contributed by atoms with Gasteiger partial charge in [-0.15, -0.1) is 0 Å². The first-order valence-electron chi connectivity index (χ1n) is 9.58. The molecule has 7 nitrogen and oxygen atoms in total. The van der Waals surface area contributed by atoms with Crippen molar-refractivity contribution in [3.63, 3.8) is 0 Å². The third kappa shape index (κ3) is 4.45. The number of H-pyrrole nitrogens is 1. The normalized spacial score (nSPS) is 10.9. The number of hydrogen-bond acceptors (Lipinski definition) is 5. The largest absolute Gasteiger partial charge is 0.493 e. The molecule has 2 aromatic heterocycles. The molecule has 7 heteroatoms. The first-order chi connectivity index (χ1) is 14.2. The standard InChI is InChI=1S/C22H22N4O3/c1-2-26-20(24-25-22(26)27)14-16-8-10-19(11-9-16)28-13-12-18-15-29-21(23-18)17-6-4-3-5-7-17/h3-11,15H,2,12-14H2,1H3,(H,25,27). The fourth-order valence-corrected chi connectivity index (χ4v) is 3.11. The molecule has 29 heavy (non-hydrogen) atoms. The van der Waals surface area contributed by atoms with Gasteiger partial charge in [-0.05, 0) is 36.8 Å². The van der Waals surface area contributed by atoms with Gasteiger partial charge in [-0.2, -0.15) is 5.10 Å². The summed E-state index contributed by atoms with van der Waals surface area (Å²) >= 11 is 0. The van der Waals surface area contributed by atoms with Crippen molar-refractivity contribution in [2.45, 2.75) is 26.3 Å². The molecular formula is C22H22N4O3. The molecule has 0 fully saturated rings. The summed E-state index contributed by atoms with van der Waals surface area (Å²) in [6.45, 7) is 3.03. The van der Waals surface area contributed by atoms with Crippen LogP contribution in [0, 0.1) is 0 Å². The van der Waals surface area contributed by atoms with Crippen LogP contribution in [0.1, 0.15) is 24.0 Å². The van der Waals surface area contributed by atoms with Gasteiger partial charge >= 0.3 is 5.69 Å². The molecule has 4 aromatic rings. The number of aromatic nitrogens is 4. The van der Waals surface area contributed by atoms with Crippen LogP contribution in [0.4, 0.5) is 0 Å². The molecule has 0 aliphatic carbocycles. The van der Waals surface area contributed by atoms with Crippen LogP contribution in [0.2, 0.25) is 0 Å². The summed E-state index contributed by atoms with van der Waals surface area (Å²) in [4.78, 5) is 16.2. The molecule has 0 radical (unpaired) electrons. The van der Waals surface area contributed by atoms with Gasteiger partial charge in [-0.1, -0.05) is 30.3 Å². The number of hydrogen-bond donors (Lipinski definition) is 1. The topological polar surface area (TPSA) is 85.9 Å². The Bertz CT molecular complexity index is 1110. The van der Waals surface area contributed by atoms with E-state index in [0.29, 0.717) is 31.9 Å². The number of benzene rings is 2. The maximum Gasteiger partial charge on any atom is 0.343 e. The smallest absolute Gasteiger partial charge is 0.343 e. The van der Waals surface area contributed by atoms with Gasteiger partial charge in [0.25, 0.3) is 0 Å². The fourth-order valence-electron chi connectivity index (χ4n) is 3.11. The molecule has 0 atom stereocenters. The Balaban J connectivity index is 1.31. The molecule has 2 heterocycles. The summed E-state index contributed by atoms with van der Waals surface area (Å²) in [7, 11) is 0. The van der Waals surface area contributed by atoms with Gasteiger partial charge in [0, 0.05) is 24.9 Å². The van der Waals surface area contributed by atoms with Gasteiger partial charge in [0.2, 0.25) is 5.89 Å². The number of ether oxygens (including phenoxy) is 1. The molecule has 0 aliphatic heterocycles. The molecule has 0 amide bonds. The van der Waals surface area contributed by atoms with E-state index in [1.807, 2.05) is 61.5 Å². The van der Waals surface area contributed by atoms with E-state index < -0.39 is 0 Å². The number of nitrogens with zero attached hydrogens (tertiary/aromatic N) is 3. The summed E-state index contributed by atoms with van der Waals surface area (Å²) in [5, 5.41) is 6.58. The van der Waals surface area contributed by atoms with E-state index >= 15 is 0 Å². The minimum absolute atomic E-state index is 0.175. The lowest BCUT2D eigenvalue weighted by Gasteiger charge is -2.07. The first-order valence-corrected chi connectivity index (χ1v) is 9.58. The quantitative estimate of drug-likeness (QED) is 0.498. The van der Waals surface area contributed by atoms with E-state index in [9.17, 15) is 4.79 Å². The lowest BCUT2D eigenvalue weighted by atomic mass is 10.1. The van der Waals surface area contributed by atoms with Gasteiger partial charge in [0.05, 0.1) is 12.3 Å². The summed E-state index contributed by atoms with van der Waals surface area (Å²) in [5.41, 5.74) is 2.71. The van der Waals surface area contributed by atoms with E-state index in [-0.39, 0.29) is 5.69 Å². The Hall–Kier alpha value is -3.61. The van der Waals surface area contributed by atoms with Crippen molar-refractivity contribution < 1.29 is 9.15 Å². The van der Waals surface area contributed by atoms with Crippen molar-refractivity contribution in [1.82, 2.24) is 19.7 Å². The molecule has 0 saturated heterocycles. The van der Waals surface area contributed by atoms with Crippen molar-refractivity contribution in [3.05, 3.63) is 88.4 Å². The highest BCUT2D eigenvalue weighted by Gasteiger charge is 2.08. The predicted molar refractivity (Wildman–Crippen MR) is 109 cm³/mol. The molecule has 2 aromatic carbocycles. The summed E-state index contributed by atoms with van der Waals surface area (Å²) < 4.78 is 13.0. The zero-order valence-electron chi connectivity index (χ0n) is 16.2. The summed E-state index contributed by atoms with van der Waals surface area (Å²) in [6, 6.07) is 17.6. The minimum atomic E-state index is -0.175. The number of rotatable bonds is 8. The maximum absolute atomic E-state index is 11.6. The summed E-state index contributed by atoms with van der Waals surface area (Å²) in [5.74, 6) is 2.13. The first kappa shape index (κ1) is 18.7. The molecule has 0 aliphatic rings. The molecule has 148 valence electrons. The van der Waals surface area contributed by atoms with Gasteiger partial charge < -0.3 is 9.15 Å². The third-order valence-corrected chi connectivity index (χ3v) is 4.64. The van der Waals surface area contributed by atoms with Crippen LogP contribution in [-0.2, 0) is 19.4 Å². The molecule has 1 N–H and O–H groups in total. The highest BCUT2D eigenvalue weighted by atomic mass is 16.5. The van der Waals surface area contributed by atoms with E-state index in [0.717, 1.165) is 28.4 Å². The molecule has 0 bridgehead atoms. The Morgan fingerprint density at radius 3 is 2.66 bits per heavy atom. The van der Waals surface area contributed by atoms with Crippen molar-refractivity contribution in [2.24, 2.45) is 0 Å². The van der Waals surface area contributed by atoms with E-state index in [1.54, 1.807) is 10.8 Å². The summed E-state index contributed by atoms with van der Waals surface area (Å²) in [6.07, 6.45) is 2.92. The van der Waals surface area contributed by atoms with E-state index in [1.165, 1.54) is 0 Å². The highest BCUT2D eigenvalue weighted by molar-refractivity contribution is 5.52. The highest BCUT2D eigenvalue weighted by Crippen LogP contribution is 2.19. The Kier molecular flexibility index (Phi) is 5.56. The lowest BCUT2D eigenvalue weighted by Crippen LogP contribution is -2.17. The zero-order valence-corrected chi connectivity index (χ0v) is 16.2. The SMILES string of the molecule is CCn1c(Cc2ccc(OCCc3coc(-c4ccccc4)n3)cc2)n[nH]c1=O. The number of nitrogens with one attached hydrogen (secondary N) is 1. The van der Waals surface area contributed by atoms with Crippen LogP contribution in [0.3, 0.4) is 0 Å². The van der Waals surface area contributed by atoms with Crippen molar-refractivity contribution in [1.29, 1.82) is 0 Å². The van der Waals surface area contributed by atoms with E-state index in [2.05, 4.69) is 15.2 Å². The molecule has 0 saturated carbocycles. The van der Waals surface area contributed by atoms with Gasteiger partial charge in [0.15, 0.2) is 0 Å². The molecule has 0 unspecified atom stereocenters. The molecule has 4 rings (SSSR count). The Morgan fingerprint density at radius 2 is 1.90 bits per heavy atom. The van der Waals surface area contributed by atoms with Gasteiger partial charge in [-0.25, -0.2) is 14.9 Å². The van der Waals surface area contributed by atoms with Crippen LogP contribution in [0.25, 0.3) is 11.5 Å². The van der Waals surface area contributed by atoms with Crippen LogP contribution in [0.5, 0.6) is 5.75 Å². The second-order valence-electron chi connectivity index (χ2n) is 6.62.